The second-order valence-corrected chi connectivity index (χ2v) is 9.72. The Balaban J connectivity index is 1.40. The third kappa shape index (κ3) is 5.54. The zero-order chi connectivity index (χ0) is 24.9. The van der Waals surface area contributed by atoms with E-state index in [-0.39, 0.29) is 24.7 Å². The van der Waals surface area contributed by atoms with E-state index < -0.39 is 6.29 Å². The van der Waals surface area contributed by atoms with E-state index in [0.717, 1.165) is 66.2 Å². The lowest BCUT2D eigenvalue weighted by molar-refractivity contribution is -0.277. The number of benzene rings is 3. The van der Waals surface area contributed by atoms with Gasteiger partial charge in [0.25, 0.3) is 0 Å². The standard InChI is InChI=1S/C30H36N2O4/c1-21-28(19-32-14-16-34-17-15-32)35-30(36-29(21)24-8-6-22(20-33)7-9-24)25-12-10-23(11-13-25)27-5-3-2-4-26(27)18-31/h2-13,21,28-30,33H,14-20,31H2,1H3/t21-,28+,29+,30+/m0/s1. The minimum Gasteiger partial charge on any atom is -0.392 e. The van der Waals surface area contributed by atoms with Crippen LogP contribution in [0.5, 0.6) is 0 Å². The van der Waals surface area contributed by atoms with Crippen molar-refractivity contribution < 1.29 is 19.3 Å². The molecular weight excluding hydrogens is 452 g/mol. The molecule has 0 unspecified atom stereocenters. The molecule has 0 bridgehead atoms. The Morgan fingerprint density at radius 3 is 2.28 bits per heavy atom. The van der Waals surface area contributed by atoms with E-state index >= 15 is 0 Å². The molecule has 0 saturated carbocycles. The molecule has 5 rings (SSSR count). The van der Waals surface area contributed by atoms with E-state index in [9.17, 15) is 5.11 Å². The molecule has 0 aromatic heterocycles. The van der Waals surface area contributed by atoms with Crippen LogP contribution in [0, 0.1) is 5.92 Å². The molecule has 0 amide bonds. The number of aliphatic hydroxyl groups excluding tert-OH is 1. The summed E-state index contributed by atoms with van der Waals surface area (Å²) in [5.41, 5.74) is 12.4. The number of nitrogens with zero attached hydrogens (tertiary/aromatic N) is 1. The maximum absolute atomic E-state index is 9.47. The molecule has 6 heteroatoms. The average molecular weight is 489 g/mol. The van der Waals surface area contributed by atoms with Crippen LogP contribution in [0.25, 0.3) is 11.1 Å². The molecule has 36 heavy (non-hydrogen) atoms. The quantitative estimate of drug-likeness (QED) is 0.513. The van der Waals surface area contributed by atoms with Crippen molar-refractivity contribution in [2.24, 2.45) is 11.7 Å². The van der Waals surface area contributed by atoms with Crippen molar-refractivity contribution >= 4 is 0 Å². The molecule has 190 valence electrons. The van der Waals surface area contributed by atoms with Gasteiger partial charge in [0, 0.05) is 37.7 Å². The van der Waals surface area contributed by atoms with Gasteiger partial charge in [0.2, 0.25) is 0 Å². The molecular formula is C30H36N2O4. The summed E-state index contributed by atoms with van der Waals surface area (Å²) >= 11 is 0. The third-order valence-electron chi connectivity index (χ3n) is 7.40. The summed E-state index contributed by atoms with van der Waals surface area (Å²) in [4.78, 5) is 2.42. The number of ether oxygens (including phenoxy) is 3. The second-order valence-electron chi connectivity index (χ2n) is 9.72. The van der Waals surface area contributed by atoms with E-state index in [1.54, 1.807) is 0 Å². The number of nitrogens with two attached hydrogens (primary N) is 1. The minimum atomic E-state index is -0.464. The Labute approximate surface area is 213 Å². The highest BCUT2D eigenvalue weighted by Crippen LogP contribution is 2.42. The zero-order valence-corrected chi connectivity index (χ0v) is 20.9. The fourth-order valence-corrected chi connectivity index (χ4v) is 5.17. The maximum Gasteiger partial charge on any atom is 0.184 e. The third-order valence-corrected chi connectivity index (χ3v) is 7.40. The first-order valence-corrected chi connectivity index (χ1v) is 12.9. The van der Waals surface area contributed by atoms with Crippen molar-refractivity contribution in [3.63, 3.8) is 0 Å². The van der Waals surface area contributed by atoms with Crippen molar-refractivity contribution in [3.8, 4) is 11.1 Å². The Kier molecular flexibility index (Phi) is 8.12. The van der Waals surface area contributed by atoms with Crippen molar-refractivity contribution in [2.45, 2.75) is 38.6 Å². The lowest BCUT2D eigenvalue weighted by atomic mass is 9.90. The molecule has 0 spiro atoms. The van der Waals surface area contributed by atoms with Gasteiger partial charge in [0.05, 0.1) is 32.0 Å². The Morgan fingerprint density at radius 2 is 1.58 bits per heavy atom. The van der Waals surface area contributed by atoms with Crippen molar-refractivity contribution in [1.82, 2.24) is 4.90 Å². The molecule has 0 radical (unpaired) electrons. The Bertz CT molecular complexity index is 1110. The van der Waals surface area contributed by atoms with E-state index in [1.165, 1.54) is 0 Å². The predicted octanol–water partition coefficient (Wildman–Crippen LogP) is 4.43. The topological polar surface area (TPSA) is 77.2 Å². The largest absolute Gasteiger partial charge is 0.392 e. The van der Waals surface area contributed by atoms with E-state index in [1.807, 2.05) is 24.3 Å². The zero-order valence-electron chi connectivity index (χ0n) is 20.9. The Morgan fingerprint density at radius 1 is 0.889 bits per heavy atom. The van der Waals surface area contributed by atoms with Crippen LogP contribution < -0.4 is 5.73 Å². The fourth-order valence-electron chi connectivity index (χ4n) is 5.17. The highest BCUT2D eigenvalue weighted by molar-refractivity contribution is 5.67. The van der Waals surface area contributed by atoms with E-state index in [0.29, 0.717) is 6.54 Å². The first-order chi connectivity index (χ1) is 17.7. The molecule has 3 N–H and O–H groups in total. The monoisotopic (exact) mass is 488 g/mol. The lowest BCUT2D eigenvalue weighted by Gasteiger charge is -2.43. The molecule has 3 aromatic carbocycles. The van der Waals surface area contributed by atoms with Crippen molar-refractivity contribution in [1.29, 1.82) is 0 Å². The molecule has 4 atom stereocenters. The van der Waals surface area contributed by atoms with Gasteiger partial charge in [0.15, 0.2) is 6.29 Å². The molecule has 3 aromatic rings. The van der Waals surface area contributed by atoms with Crippen LogP contribution in [0.4, 0.5) is 0 Å². The van der Waals surface area contributed by atoms with Crippen LogP contribution in [0.1, 0.15) is 41.6 Å². The van der Waals surface area contributed by atoms with Gasteiger partial charge < -0.3 is 25.1 Å². The molecule has 2 fully saturated rings. The summed E-state index contributed by atoms with van der Waals surface area (Å²) in [5.74, 6) is 0.166. The van der Waals surface area contributed by atoms with E-state index in [2.05, 4.69) is 60.4 Å². The smallest absolute Gasteiger partial charge is 0.184 e. The van der Waals surface area contributed by atoms with Gasteiger partial charge in [0.1, 0.15) is 0 Å². The first-order valence-electron chi connectivity index (χ1n) is 12.9. The summed E-state index contributed by atoms with van der Waals surface area (Å²) in [6.45, 7) is 6.96. The average Bonchev–Trinajstić information content (AvgIpc) is 2.95. The van der Waals surface area contributed by atoms with Crippen LogP contribution in [0.2, 0.25) is 0 Å². The lowest BCUT2D eigenvalue weighted by Crippen LogP contribution is -2.47. The summed E-state index contributed by atoms with van der Waals surface area (Å²) < 4.78 is 18.8. The van der Waals surface area contributed by atoms with Crippen LogP contribution >= 0.6 is 0 Å². The molecule has 2 aliphatic heterocycles. The van der Waals surface area contributed by atoms with Crippen molar-refractivity contribution in [3.05, 3.63) is 95.1 Å². The van der Waals surface area contributed by atoms with E-state index in [4.69, 9.17) is 19.9 Å². The van der Waals surface area contributed by atoms with Gasteiger partial charge in [-0.15, -0.1) is 0 Å². The summed E-state index contributed by atoms with van der Waals surface area (Å²) in [7, 11) is 0. The molecule has 0 aliphatic carbocycles. The van der Waals surface area contributed by atoms with Crippen LogP contribution in [0.3, 0.4) is 0 Å². The van der Waals surface area contributed by atoms with Gasteiger partial charge >= 0.3 is 0 Å². The van der Waals surface area contributed by atoms with Crippen molar-refractivity contribution in [2.75, 3.05) is 32.8 Å². The fraction of sp³-hybridized carbons (Fsp3) is 0.400. The van der Waals surface area contributed by atoms with Gasteiger partial charge in [-0.2, -0.15) is 0 Å². The predicted molar refractivity (Wildman–Crippen MR) is 140 cm³/mol. The second kappa shape index (κ2) is 11.6. The minimum absolute atomic E-state index is 0.0158. The van der Waals surface area contributed by atoms with Gasteiger partial charge in [-0.25, -0.2) is 0 Å². The maximum atomic E-state index is 9.47. The highest BCUT2D eigenvalue weighted by Gasteiger charge is 2.39. The number of hydrogen-bond acceptors (Lipinski definition) is 6. The summed E-state index contributed by atoms with van der Waals surface area (Å²) in [5, 5.41) is 9.47. The summed E-state index contributed by atoms with van der Waals surface area (Å²) in [6.07, 6.45) is -0.559. The SMILES string of the molecule is C[C@H]1[C@@H](CN2CCOCC2)O[C@@H](c2ccc(-c3ccccc3CN)cc2)O[C@H]1c1ccc(CO)cc1. The number of rotatable bonds is 7. The highest BCUT2D eigenvalue weighted by atomic mass is 16.7. The normalized spacial score (nSPS) is 25.1. The Hall–Kier alpha value is -2.58. The van der Waals surface area contributed by atoms with Gasteiger partial charge in [-0.05, 0) is 27.8 Å². The molecule has 2 aliphatic rings. The first kappa shape index (κ1) is 25.1. The number of aliphatic hydroxyl groups is 1. The molecule has 2 heterocycles. The molecule has 6 nitrogen and oxygen atoms in total. The van der Waals surface area contributed by atoms with Crippen LogP contribution in [-0.4, -0.2) is 49.0 Å². The summed E-state index contributed by atoms with van der Waals surface area (Å²) in [6, 6.07) is 24.7. The molecule has 2 saturated heterocycles. The van der Waals surface area contributed by atoms with Crippen LogP contribution in [0.15, 0.2) is 72.8 Å². The van der Waals surface area contributed by atoms with Gasteiger partial charge in [-0.3, -0.25) is 4.90 Å². The number of hydrogen-bond donors (Lipinski definition) is 2. The number of morpholine rings is 1. The van der Waals surface area contributed by atoms with Gasteiger partial charge in [-0.1, -0.05) is 79.7 Å². The van der Waals surface area contributed by atoms with Crippen LogP contribution in [-0.2, 0) is 27.4 Å².